The summed E-state index contributed by atoms with van der Waals surface area (Å²) in [4.78, 5) is 0. The first-order chi connectivity index (χ1) is 5.27. The number of nitrogens with one attached hydrogen (secondary N) is 1. The summed E-state index contributed by atoms with van der Waals surface area (Å²) in [6.07, 6.45) is -0.504. The van der Waals surface area contributed by atoms with Crippen molar-refractivity contribution in [3.05, 3.63) is 23.7 Å². The molecule has 1 heterocycles. The SMILES string of the molecule is N=CC([O-])c1ccc(CO)o1. The summed E-state index contributed by atoms with van der Waals surface area (Å²) in [5.41, 5.74) is 0. The first kappa shape index (κ1) is 7.97. The molecule has 0 spiro atoms. The van der Waals surface area contributed by atoms with Gasteiger partial charge in [0.1, 0.15) is 12.4 Å². The predicted molar refractivity (Wildman–Crippen MR) is 36.2 cm³/mol. The zero-order valence-electron chi connectivity index (χ0n) is 5.78. The zero-order valence-corrected chi connectivity index (χ0v) is 5.78. The van der Waals surface area contributed by atoms with E-state index >= 15 is 0 Å². The molecule has 1 unspecified atom stereocenters. The number of hydrogen-bond acceptors (Lipinski definition) is 4. The third-order valence-electron chi connectivity index (χ3n) is 1.27. The van der Waals surface area contributed by atoms with Crippen LogP contribution >= 0.6 is 0 Å². The number of furan rings is 1. The molecule has 1 aromatic heterocycles. The highest BCUT2D eigenvalue weighted by molar-refractivity contribution is 5.60. The fourth-order valence-electron chi connectivity index (χ4n) is 0.715. The average Bonchev–Trinajstić information content (AvgIpc) is 2.50. The van der Waals surface area contributed by atoms with Crippen molar-refractivity contribution in [2.24, 2.45) is 0 Å². The molecular weight excluding hydrogens is 146 g/mol. The minimum Gasteiger partial charge on any atom is -0.842 e. The van der Waals surface area contributed by atoms with Crippen LogP contribution in [-0.2, 0) is 6.61 Å². The van der Waals surface area contributed by atoms with E-state index in [4.69, 9.17) is 14.9 Å². The van der Waals surface area contributed by atoms with Crippen LogP contribution in [0.3, 0.4) is 0 Å². The molecule has 0 aromatic carbocycles. The lowest BCUT2D eigenvalue weighted by atomic mass is 10.3. The summed E-state index contributed by atoms with van der Waals surface area (Å²) in [6, 6.07) is 2.98. The molecule has 0 saturated carbocycles. The van der Waals surface area contributed by atoms with Crippen LogP contribution in [0.4, 0.5) is 0 Å². The monoisotopic (exact) mass is 154 g/mol. The quantitative estimate of drug-likeness (QED) is 0.593. The second kappa shape index (κ2) is 3.32. The van der Waals surface area contributed by atoms with Gasteiger partial charge in [-0.25, -0.2) is 0 Å². The highest BCUT2D eigenvalue weighted by atomic mass is 16.4. The van der Waals surface area contributed by atoms with E-state index in [1.165, 1.54) is 12.1 Å². The van der Waals surface area contributed by atoms with Gasteiger partial charge in [-0.1, -0.05) is 0 Å². The van der Waals surface area contributed by atoms with E-state index in [2.05, 4.69) is 0 Å². The van der Waals surface area contributed by atoms with Crippen LogP contribution < -0.4 is 5.11 Å². The van der Waals surface area contributed by atoms with Gasteiger partial charge in [0.05, 0.1) is 5.76 Å². The van der Waals surface area contributed by atoms with Gasteiger partial charge in [0.15, 0.2) is 0 Å². The van der Waals surface area contributed by atoms with Gasteiger partial charge in [-0.05, 0) is 24.5 Å². The fraction of sp³-hybridized carbons (Fsp3) is 0.286. The lowest BCUT2D eigenvalue weighted by molar-refractivity contribution is -0.403. The molecule has 0 saturated heterocycles. The van der Waals surface area contributed by atoms with E-state index in [1.54, 1.807) is 0 Å². The van der Waals surface area contributed by atoms with Crippen molar-refractivity contribution in [1.29, 1.82) is 5.41 Å². The van der Waals surface area contributed by atoms with Crippen molar-refractivity contribution < 1.29 is 14.6 Å². The van der Waals surface area contributed by atoms with Crippen molar-refractivity contribution >= 4 is 6.21 Å². The Labute approximate surface area is 63.6 Å². The fourth-order valence-corrected chi connectivity index (χ4v) is 0.715. The van der Waals surface area contributed by atoms with Gasteiger partial charge in [-0.3, -0.25) is 0 Å². The van der Waals surface area contributed by atoms with Crippen LogP contribution in [0.15, 0.2) is 16.5 Å². The first-order valence-corrected chi connectivity index (χ1v) is 3.14. The largest absolute Gasteiger partial charge is 0.842 e. The molecule has 2 N–H and O–H groups in total. The maximum atomic E-state index is 10.8. The molecular formula is C7H8NO3-. The van der Waals surface area contributed by atoms with E-state index in [0.29, 0.717) is 5.76 Å². The van der Waals surface area contributed by atoms with Crippen LogP contribution in [0.25, 0.3) is 0 Å². The van der Waals surface area contributed by atoms with Crippen LogP contribution in [0.2, 0.25) is 0 Å². The Morgan fingerprint density at radius 1 is 1.73 bits per heavy atom. The van der Waals surface area contributed by atoms with Gasteiger partial charge in [-0.2, -0.15) is 0 Å². The predicted octanol–water partition coefficient (Wildman–Crippen LogP) is -0.177. The number of hydrogen-bond donors (Lipinski definition) is 2. The Balaban J connectivity index is 2.79. The van der Waals surface area contributed by atoms with Gasteiger partial charge in [0.25, 0.3) is 0 Å². The molecule has 60 valence electrons. The summed E-state index contributed by atoms with van der Waals surface area (Å²) in [7, 11) is 0. The zero-order chi connectivity index (χ0) is 8.27. The molecule has 0 amide bonds. The van der Waals surface area contributed by atoms with Crippen LogP contribution in [0.1, 0.15) is 17.6 Å². The molecule has 0 aliphatic carbocycles. The van der Waals surface area contributed by atoms with Crippen molar-refractivity contribution in [2.75, 3.05) is 0 Å². The van der Waals surface area contributed by atoms with Gasteiger partial charge >= 0.3 is 0 Å². The smallest absolute Gasteiger partial charge is 0.129 e. The molecule has 0 aliphatic rings. The molecule has 0 bridgehead atoms. The molecule has 0 aliphatic heterocycles. The Hall–Kier alpha value is -1.13. The highest BCUT2D eigenvalue weighted by Gasteiger charge is 2.01. The first-order valence-electron chi connectivity index (χ1n) is 3.14. The summed E-state index contributed by atoms with van der Waals surface area (Å²) in [5.74, 6) is 0.520. The molecule has 0 radical (unpaired) electrons. The molecule has 1 atom stereocenters. The van der Waals surface area contributed by atoms with Crippen molar-refractivity contribution in [2.45, 2.75) is 12.7 Å². The lowest BCUT2D eigenvalue weighted by Crippen LogP contribution is -2.15. The normalized spacial score (nSPS) is 12.9. The Morgan fingerprint density at radius 2 is 2.45 bits per heavy atom. The Bertz CT molecular complexity index is 244. The standard InChI is InChI=1S/C7H8NO3/c8-3-6(10)7-2-1-5(4-9)11-7/h1-3,6,8-9H,4H2/q-1. The summed E-state index contributed by atoms with van der Waals surface area (Å²) in [5, 5.41) is 26.0. The molecule has 1 rings (SSSR count). The third kappa shape index (κ3) is 1.66. The molecule has 4 heteroatoms. The van der Waals surface area contributed by atoms with Gasteiger partial charge in [0.2, 0.25) is 0 Å². The van der Waals surface area contributed by atoms with Crippen molar-refractivity contribution in [3.63, 3.8) is 0 Å². The topological polar surface area (TPSA) is 80.3 Å². The van der Waals surface area contributed by atoms with E-state index in [0.717, 1.165) is 6.21 Å². The summed E-state index contributed by atoms with van der Waals surface area (Å²) < 4.78 is 4.87. The maximum Gasteiger partial charge on any atom is 0.129 e. The molecule has 1 aromatic rings. The number of aliphatic hydroxyl groups is 1. The van der Waals surface area contributed by atoms with Crippen LogP contribution in [0.5, 0.6) is 0 Å². The van der Waals surface area contributed by atoms with E-state index in [9.17, 15) is 5.11 Å². The number of aliphatic hydroxyl groups excluding tert-OH is 1. The number of rotatable bonds is 3. The van der Waals surface area contributed by atoms with Gasteiger partial charge in [0, 0.05) is 0 Å². The summed E-state index contributed by atoms with van der Waals surface area (Å²) in [6.45, 7) is -0.218. The second-order valence-corrected chi connectivity index (χ2v) is 2.05. The maximum absolute atomic E-state index is 10.8. The Kier molecular flexibility index (Phi) is 2.40. The Morgan fingerprint density at radius 3 is 2.91 bits per heavy atom. The van der Waals surface area contributed by atoms with Crippen molar-refractivity contribution in [3.8, 4) is 0 Å². The second-order valence-electron chi connectivity index (χ2n) is 2.05. The van der Waals surface area contributed by atoms with Gasteiger partial charge < -0.3 is 20.0 Å². The highest BCUT2D eigenvalue weighted by Crippen LogP contribution is 2.12. The molecule has 0 fully saturated rings. The average molecular weight is 154 g/mol. The van der Waals surface area contributed by atoms with E-state index < -0.39 is 6.10 Å². The third-order valence-corrected chi connectivity index (χ3v) is 1.27. The summed E-state index contributed by atoms with van der Waals surface area (Å²) >= 11 is 0. The molecule has 11 heavy (non-hydrogen) atoms. The lowest BCUT2D eigenvalue weighted by Gasteiger charge is -2.11. The van der Waals surface area contributed by atoms with Crippen molar-refractivity contribution in [1.82, 2.24) is 0 Å². The van der Waals surface area contributed by atoms with E-state index in [-0.39, 0.29) is 12.4 Å². The van der Waals surface area contributed by atoms with Crippen LogP contribution in [-0.4, -0.2) is 11.3 Å². The molecule has 4 nitrogen and oxygen atoms in total. The minimum absolute atomic E-state index is 0.170. The van der Waals surface area contributed by atoms with E-state index in [1.807, 2.05) is 0 Å². The van der Waals surface area contributed by atoms with Gasteiger partial charge in [-0.15, -0.1) is 0 Å². The van der Waals surface area contributed by atoms with Crippen LogP contribution in [0, 0.1) is 5.41 Å². The minimum atomic E-state index is -1.25.